The van der Waals surface area contributed by atoms with Crippen molar-refractivity contribution in [3.05, 3.63) is 0 Å². The minimum absolute atomic E-state index is 0.0513. The van der Waals surface area contributed by atoms with Gasteiger partial charge in [0.15, 0.2) is 0 Å². The fraction of sp³-hybridized carbons (Fsp3) is 0.750. The molecule has 2 heterocycles. The Morgan fingerprint density at radius 3 is 2.42 bits per heavy atom. The second-order valence-electron chi connectivity index (χ2n) is 5.35. The van der Waals surface area contributed by atoms with Gasteiger partial charge in [0.05, 0.1) is 5.92 Å². The van der Waals surface area contributed by atoms with E-state index in [2.05, 4.69) is 0 Å². The Labute approximate surface area is 111 Å². The van der Waals surface area contributed by atoms with Crippen LogP contribution in [-0.4, -0.2) is 77.5 Å². The molecule has 2 fully saturated rings. The Kier molecular flexibility index (Phi) is 3.64. The SMILES string of the molecule is C[C@@H]1CN(C(=O)N2CCN(C)C(=O)C2)C[C@H]1C(=O)O. The van der Waals surface area contributed by atoms with Gasteiger partial charge in [0.1, 0.15) is 6.54 Å². The van der Waals surface area contributed by atoms with Gasteiger partial charge in [0.2, 0.25) is 5.91 Å². The van der Waals surface area contributed by atoms with Gasteiger partial charge in [-0.05, 0) is 5.92 Å². The molecule has 7 nitrogen and oxygen atoms in total. The zero-order valence-corrected chi connectivity index (χ0v) is 11.2. The zero-order valence-electron chi connectivity index (χ0n) is 11.2. The quantitative estimate of drug-likeness (QED) is 0.698. The number of hydrogen-bond acceptors (Lipinski definition) is 3. The summed E-state index contributed by atoms with van der Waals surface area (Å²) in [5.74, 6) is -1.50. The standard InChI is InChI=1S/C12H19N3O4/c1-8-5-15(6-9(8)11(17)18)12(19)14-4-3-13(2)10(16)7-14/h8-9H,3-7H2,1-2H3,(H,17,18)/t8-,9-/m1/s1. The van der Waals surface area contributed by atoms with Crippen molar-refractivity contribution >= 4 is 17.9 Å². The van der Waals surface area contributed by atoms with Crippen molar-refractivity contribution in [1.29, 1.82) is 0 Å². The van der Waals surface area contributed by atoms with Crippen LogP contribution in [0.3, 0.4) is 0 Å². The van der Waals surface area contributed by atoms with E-state index < -0.39 is 11.9 Å². The van der Waals surface area contributed by atoms with Gasteiger partial charge >= 0.3 is 12.0 Å². The molecule has 106 valence electrons. The molecule has 19 heavy (non-hydrogen) atoms. The molecule has 0 aromatic heterocycles. The number of carbonyl (C=O) groups excluding carboxylic acids is 2. The molecule has 0 unspecified atom stereocenters. The van der Waals surface area contributed by atoms with Gasteiger partial charge in [-0.3, -0.25) is 9.59 Å². The maximum Gasteiger partial charge on any atom is 0.320 e. The first-order chi connectivity index (χ1) is 8.90. The van der Waals surface area contributed by atoms with Gasteiger partial charge < -0.3 is 19.8 Å². The van der Waals surface area contributed by atoms with Crippen LogP contribution < -0.4 is 0 Å². The summed E-state index contributed by atoms with van der Waals surface area (Å²) >= 11 is 0. The summed E-state index contributed by atoms with van der Waals surface area (Å²) in [7, 11) is 1.71. The van der Waals surface area contributed by atoms with Crippen LogP contribution in [0, 0.1) is 11.8 Å². The summed E-state index contributed by atoms with van der Waals surface area (Å²) in [5.41, 5.74) is 0. The van der Waals surface area contributed by atoms with Crippen LogP contribution in [-0.2, 0) is 9.59 Å². The molecule has 2 atom stereocenters. The van der Waals surface area contributed by atoms with E-state index in [0.29, 0.717) is 19.6 Å². The lowest BCUT2D eigenvalue weighted by Crippen LogP contribution is -2.54. The first kappa shape index (κ1) is 13.6. The van der Waals surface area contributed by atoms with Crippen molar-refractivity contribution in [3.8, 4) is 0 Å². The number of carboxylic acids is 1. The van der Waals surface area contributed by atoms with E-state index >= 15 is 0 Å². The third-order valence-corrected chi connectivity index (χ3v) is 3.93. The summed E-state index contributed by atoms with van der Waals surface area (Å²) < 4.78 is 0. The fourth-order valence-corrected chi connectivity index (χ4v) is 2.57. The molecule has 2 rings (SSSR count). The van der Waals surface area contributed by atoms with E-state index in [-0.39, 0.29) is 30.9 Å². The molecule has 0 aliphatic carbocycles. The highest BCUT2D eigenvalue weighted by molar-refractivity contribution is 5.85. The average molecular weight is 269 g/mol. The van der Waals surface area contributed by atoms with E-state index in [4.69, 9.17) is 5.11 Å². The van der Waals surface area contributed by atoms with E-state index in [0.717, 1.165) is 0 Å². The lowest BCUT2D eigenvalue weighted by molar-refractivity contribution is -0.142. The molecule has 0 aromatic carbocycles. The molecular formula is C12H19N3O4. The highest BCUT2D eigenvalue weighted by atomic mass is 16.4. The fourth-order valence-electron chi connectivity index (χ4n) is 2.57. The Balaban J connectivity index is 1.98. The number of aliphatic carboxylic acids is 1. The first-order valence-corrected chi connectivity index (χ1v) is 6.40. The van der Waals surface area contributed by atoms with Gasteiger partial charge in [-0.25, -0.2) is 4.79 Å². The predicted molar refractivity (Wildman–Crippen MR) is 66.5 cm³/mol. The van der Waals surface area contributed by atoms with Crippen molar-refractivity contribution in [3.63, 3.8) is 0 Å². The normalized spacial score (nSPS) is 27.9. The predicted octanol–water partition coefficient (Wildman–Crippen LogP) is -0.467. The van der Waals surface area contributed by atoms with Gasteiger partial charge in [0.25, 0.3) is 0 Å². The Morgan fingerprint density at radius 1 is 1.21 bits per heavy atom. The molecule has 2 saturated heterocycles. The molecule has 2 aliphatic heterocycles. The van der Waals surface area contributed by atoms with Crippen LogP contribution in [0.4, 0.5) is 4.79 Å². The second-order valence-corrected chi connectivity index (χ2v) is 5.35. The molecule has 0 spiro atoms. The number of urea groups is 1. The van der Waals surface area contributed by atoms with E-state index in [1.165, 1.54) is 4.90 Å². The van der Waals surface area contributed by atoms with Crippen LogP contribution in [0.1, 0.15) is 6.92 Å². The number of hydrogen-bond donors (Lipinski definition) is 1. The van der Waals surface area contributed by atoms with Crippen LogP contribution in [0.2, 0.25) is 0 Å². The van der Waals surface area contributed by atoms with Gasteiger partial charge in [-0.15, -0.1) is 0 Å². The van der Waals surface area contributed by atoms with E-state index in [1.807, 2.05) is 6.92 Å². The van der Waals surface area contributed by atoms with Crippen molar-refractivity contribution in [2.45, 2.75) is 6.92 Å². The maximum atomic E-state index is 12.3. The molecule has 2 aliphatic rings. The largest absolute Gasteiger partial charge is 0.481 e. The minimum Gasteiger partial charge on any atom is -0.481 e. The topological polar surface area (TPSA) is 81.2 Å². The van der Waals surface area contributed by atoms with Crippen LogP contribution in [0.5, 0.6) is 0 Å². The Bertz CT molecular complexity index is 412. The van der Waals surface area contributed by atoms with Gasteiger partial charge in [-0.2, -0.15) is 0 Å². The third kappa shape index (κ3) is 2.64. The first-order valence-electron chi connectivity index (χ1n) is 6.40. The number of likely N-dealkylation sites (tertiary alicyclic amines) is 1. The summed E-state index contributed by atoms with van der Waals surface area (Å²) in [6, 6.07) is -0.225. The average Bonchev–Trinajstić information content (AvgIpc) is 2.74. The van der Waals surface area contributed by atoms with Crippen LogP contribution >= 0.6 is 0 Å². The van der Waals surface area contributed by atoms with Crippen molar-refractivity contribution in [2.24, 2.45) is 11.8 Å². The Hall–Kier alpha value is -1.79. The lowest BCUT2D eigenvalue weighted by Gasteiger charge is -2.34. The number of likely N-dealkylation sites (N-methyl/N-ethyl adjacent to an activating group) is 1. The number of amides is 3. The van der Waals surface area contributed by atoms with Crippen molar-refractivity contribution in [1.82, 2.24) is 14.7 Å². The maximum absolute atomic E-state index is 12.3. The number of piperazine rings is 1. The van der Waals surface area contributed by atoms with E-state index in [9.17, 15) is 14.4 Å². The summed E-state index contributed by atoms with van der Waals surface area (Å²) in [5, 5.41) is 9.06. The number of carbonyl (C=O) groups is 3. The summed E-state index contributed by atoms with van der Waals surface area (Å²) in [4.78, 5) is 39.5. The van der Waals surface area contributed by atoms with Gasteiger partial charge in [0, 0.05) is 33.2 Å². The minimum atomic E-state index is -0.864. The highest BCUT2D eigenvalue weighted by Gasteiger charge is 2.39. The molecule has 0 bridgehead atoms. The third-order valence-electron chi connectivity index (χ3n) is 3.93. The lowest BCUT2D eigenvalue weighted by atomic mass is 9.99. The number of carboxylic acid groups (broad SMARTS) is 1. The molecule has 1 N–H and O–H groups in total. The smallest absolute Gasteiger partial charge is 0.320 e. The van der Waals surface area contributed by atoms with Crippen molar-refractivity contribution < 1.29 is 19.5 Å². The van der Waals surface area contributed by atoms with Crippen LogP contribution in [0.15, 0.2) is 0 Å². The molecular weight excluding hydrogens is 250 g/mol. The molecule has 0 radical (unpaired) electrons. The van der Waals surface area contributed by atoms with Crippen LogP contribution in [0.25, 0.3) is 0 Å². The molecule has 0 aromatic rings. The molecule has 3 amide bonds. The summed E-state index contributed by atoms with van der Waals surface area (Å²) in [6.07, 6.45) is 0. The van der Waals surface area contributed by atoms with Gasteiger partial charge in [-0.1, -0.05) is 6.92 Å². The number of rotatable bonds is 1. The van der Waals surface area contributed by atoms with Crippen molar-refractivity contribution in [2.75, 3.05) is 39.8 Å². The second kappa shape index (κ2) is 5.07. The molecule has 7 heteroatoms. The highest BCUT2D eigenvalue weighted by Crippen LogP contribution is 2.24. The molecule has 0 saturated carbocycles. The monoisotopic (exact) mass is 269 g/mol. The zero-order chi connectivity index (χ0) is 14.2. The van der Waals surface area contributed by atoms with E-state index in [1.54, 1.807) is 16.8 Å². The number of nitrogens with zero attached hydrogens (tertiary/aromatic N) is 3. The Morgan fingerprint density at radius 2 is 1.89 bits per heavy atom. The summed E-state index contributed by atoms with van der Waals surface area (Å²) in [6.45, 7) is 3.62.